The van der Waals surface area contributed by atoms with Crippen LogP contribution in [-0.2, 0) is 6.42 Å². The molecule has 1 atom stereocenters. The van der Waals surface area contributed by atoms with E-state index >= 15 is 0 Å². The number of hydrogen-bond donors (Lipinski definition) is 1. The SMILES string of the molecule is CCC(Cc1nc(-c2cccc(Cl)c2)no1)NC. The molecule has 1 unspecified atom stereocenters. The quantitative estimate of drug-likeness (QED) is 0.903. The van der Waals surface area contributed by atoms with Crippen molar-refractivity contribution < 1.29 is 4.52 Å². The van der Waals surface area contributed by atoms with Crippen LogP contribution in [0.25, 0.3) is 11.4 Å². The van der Waals surface area contributed by atoms with Crippen LogP contribution < -0.4 is 5.32 Å². The first kappa shape index (κ1) is 13.1. The molecule has 4 nitrogen and oxygen atoms in total. The zero-order valence-corrected chi connectivity index (χ0v) is 11.2. The molecule has 1 aromatic carbocycles. The van der Waals surface area contributed by atoms with Gasteiger partial charge in [-0.3, -0.25) is 0 Å². The summed E-state index contributed by atoms with van der Waals surface area (Å²) in [6.45, 7) is 2.12. The second-order valence-corrected chi connectivity index (χ2v) is 4.56. The molecule has 18 heavy (non-hydrogen) atoms. The lowest BCUT2D eigenvalue weighted by Gasteiger charge is -2.09. The maximum atomic E-state index is 5.93. The number of rotatable bonds is 5. The van der Waals surface area contributed by atoms with Crippen molar-refractivity contribution in [3.8, 4) is 11.4 Å². The highest BCUT2D eigenvalue weighted by molar-refractivity contribution is 6.30. The molecule has 0 radical (unpaired) electrons. The highest BCUT2D eigenvalue weighted by Gasteiger charge is 2.12. The summed E-state index contributed by atoms with van der Waals surface area (Å²) in [5.74, 6) is 1.23. The first-order valence-electron chi connectivity index (χ1n) is 5.98. The molecule has 0 saturated carbocycles. The van der Waals surface area contributed by atoms with Gasteiger partial charge in [-0.25, -0.2) is 0 Å². The maximum Gasteiger partial charge on any atom is 0.228 e. The fourth-order valence-corrected chi connectivity index (χ4v) is 1.93. The Morgan fingerprint density at radius 2 is 2.28 bits per heavy atom. The van der Waals surface area contributed by atoms with Crippen molar-refractivity contribution in [2.45, 2.75) is 25.8 Å². The molecule has 2 rings (SSSR count). The molecule has 0 aliphatic rings. The molecule has 1 aromatic heterocycles. The normalized spacial score (nSPS) is 12.6. The van der Waals surface area contributed by atoms with Crippen LogP contribution in [0.1, 0.15) is 19.2 Å². The number of likely N-dealkylation sites (N-methyl/N-ethyl adjacent to an activating group) is 1. The van der Waals surface area contributed by atoms with Gasteiger partial charge in [0.25, 0.3) is 0 Å². The molecule has 0 bridgehead atoms. The molecule has 1 N–H and O–H groups in total. The molecule has 0 saturated heterocycles. The van der Waals surface area contributed by atoms with Gasteiger partial charge in [0, 0.05) is 23.0 Å². The minimum absolute atomic E-state index is 0.359. The summed E-state index contributed by atoms with van der Waals surface area (Å²) in [7, 11) is 1.93. The van der Waals surface area contributed by atoms with Crippen LogP contribution >= 0.6 is 11.6 Å². The molecule has 1 heterocycles. The second-order valence-electron chi connectivity index (χ2n) is 4.12. The molecule has 96 valence electrons. The lowest BCUT2D eigenvalue weighted by atomic mass is 10.1. The van der Waals surface area contributed by atoms with Gasteiger partial charge < -0.3 is 9.84 Å². The largest absolute Gasteiger partial charge is 0.339 e. The number of hydrogen-bond acceptors (Lipinski definition) is 4. The van der Waals surface area contributed by atoms with Gasteiger partial charge in [-0.2, -0.15) is 4.98 Å². The summed E-state index contributed by atoms with van der Waals surface area (Å²) in [4.78, 5) is 4.38. The van der Waals surface area contributed by atoms with Crippen molar-refractivity contribution in [1.29, 1.82) is 0 Å². The molecule has 0 aliphatic heterocycles. The number of halogens is 1. The second kappa shape index (κ2) is 5.98. The van der Waals surface area contributed by atoms with E-state index in [0.717, 1.165) is 18.4 Å². The average Bonchev–Trinajstić information content (AvgIpc) is 2.84. The Balaban J connectivity index is 2.15. The zero-order valence-electron chi connectivity index (χ0n) is 10.5. The summed E-state index contributed by atoms with van der Waals surface area (Å²) in [6.07, 6.45) is 1.76. The predicted molar refractivity (Wildman–Crippen MR) is 71.6 cm³/mol. The highest BCUT2D eigenvalue weighted by atomic mass is 35.5. The van der Waals surface area contributed by atoms with Crippen LogP contribution in [0.5, 0.6) is 0 Å². The monoisotopic (exact) mass is 265 g/mol. The Kier molecular flexibility index (Phi) is 4.33. The molecular weight excluding hydrogens is 250 g/mol. The topological polar surface area (TPSA) is 51.0 Å². The smallest absolute Gasteiger partial charge is 0.228 e. The minimum atomic E-state index is 0.359. The van der Waals surface area contributed by atoms with Crippen molar-refractivity contribution >= 4 is 11.6 Å². The average molecular weight is 266 g/mol. The van der Waals surface area contributed by atoms with E-state index < -0.39 is 0 Å². The highest BCUT2D eigenvalue weighted by Crippen LogP contribution is 2.20. The molecule has 0 amide bonds. The van der Waals surface area contributed by atoms with Crippen LogP contribution in [0.2, 0.25) is 5.02 Å². The van der Waals surface area contributed by atoms with Gasteiger partial charge in [0.05, 0.1) is 0 Å². The lowest BCUT2D eigenvalue weighted by Crippen LogP contribution is -2.26. The maximum absolute atomic E-state index is 5.93. The standard InChI is InChI=1S/C13H16ClN3O/c1-3-11(15-2)8-12-16-13(17-18-12)9-5-4-6-10(14)7-9/h4-7,11,15H,3,8H2,1-2H3. The van der Waals surface area contributed by atoms with Gasteiger partial charge in [0.15, 0.2) is 0 Å². The minimum Gasteiger partial charge on any atom is -0.339 e. The fraction of sp³-hybridized carbons (Fsp3) is 0.385. The molecule has 5 heteroatoms. The van der Waals surface area contributed by atoms with Crippen molar-refractivity contribution in [3.63, 3.8) is 0 Å². The first-order chi connectivity index (χ1) is 8.72. The summed E-state index contributed by atoms with van der Waals surface area (Å²) < 4.78 is 5.25. The summed E-state index contributed by atoms with van der Waals surface area (Å²) in [6, 6.07) is 7.79. The van der Waals surface area contributed by atoms with Crippen LogP contribution in [0.15, 0.2) is 28.8 Å². The molecule has 0 spiro atoms. The van der Waals surface area contributed by atoms with Crippen LogP contribution in [0, 0.1) is 0 Å². The van der Waals surface area contributed by atoms with E-state index in [1.54, 1.807) is 0 Å². The first-order valence-corrected chi connectivity index (χ1v) is 6.36. The third-order valence-corrected chi connectivity index (χ3v) is 3.11. The molecular formula is C13H16ClN3O. The fourth-order valence-electron chi connectivity index (χ4n) is 1.74. The Bertz CT molecular complexity index is 508. The van der Waals surface area contributed by atoms with Gasteiger partial charge >= 0.3 is 0 Å². The third kappa shape index (κ3) is 3.09. The number of aromatic nitrogens is 2. The van der Waals surface area contributed by atoms with Crippen LogP contribution in [0.3, 0.4) is 0 Å². The van der Waals surface area contributed by atoms with E-state index in [9.17, 15) is 0 Å². The summed E-state index contributed by atoms with van der Waals surface area (Å²) in [5.41, 5.74) is 0.870. The van der Waals surface area contributed by atoms with Gasteiger partial charge in [-0.05, 0) is 25.6 Å². The molecule has 2 aromatic rings. The molecule has 0 fully saturated rings. The third-order valence-electron chi connectivity index (χ3n) is 2.87. The Morgan fingerprint density at radius 1 is 1.44 bits per heavy atom. The van der Waals surface area contributed by atoms with E-state index in [1.165, 1.54) is 0 Å². The van der Waals surface area contributed by atoms with Gasteiger partial charge in [-0.1, -0.05) is 35.8 Å². The number of nitrogens with zero attached hydrogens (tertiary/aromatic N) is 2. The predicted octanol–water partition coefficient (Wildman–Crippen LogP) is 2.93. The summed E-state index contributed by atoms with van der Waals surface area (Å²) >= 11 is 5.93. The van der Waals surface area contributed by atoms with E-state index in [-0.39, 0.29) is 0 Å². The summed E-state index contributed by atoms with van der Waals surface area (Å²) in [5, 5.41) is 7.85. The Labute approximate surface area is 111 Å². The van der Waals surface area contributed by atoms with Gasteiger partial charge in [0.2, 0.25) is 11.7 Å². The van der Waals surface area contributed by atoms with Crippen LogP contribution in [-0.4, -0.2) is 23.2 Å². The van der Waals surface area contributed by atoms with E-state index in [2.05, 4.69) is 22.4 Å². The Hall–Kier alpha value is -1.39. The van der Waals surface area contributed by atoms with Crippen molar-refractivity contribution in [1.82, 2.24) is 15.5 Å². The van der Waals surface area contributed by atoms with Gasteiger partial charge in [-0.15, -0.1) is 0 Å². The van der Waals surface area contributed by atoms with Crippen molar-refractivity contribution in [2.75, 3.05) is 7.05 Å². The van der Waals surface area contributed by atoms with Gasteiger partial charge in [0.1, 0.15) is 0 Å². The van der Waals surface area contributed by atoms with Crippen LogP contribution in [0.4, 0.5) is 0 Å². The van der Waals surface area contributed by atoms with E-state index in [1.807, 2.05) is 31.3 Å². The lowest BCUT2D eigenvalue weighted by molar-refractivity contribution is 0.359. The van der Waals surface area contributed by atoms with Crippen molar-refractivity contribution in [3.05, 3.63) is 35.2 Å². The van der Waals surface area contributed by atoms with E-state index in [0.29, 0.717) is 22.8 Å². The number of benzene rings is 1. The zero-order chi connectivity index (χ0) is 13.0. The van der Waals surface area contributed by atoms with E-state index in [4.69, 9.17) is 16.1 Å². The Morgan fingerprint density at radius 3 is 2.94 bits per heavy atom. The number of nitrogens with one attached hydrogen (secondary N) is 1. The molecule has 0 aliphatic carbocycles. The van der Waals surface area contributed by atoms with Crippen molar-refractivity contribution in [2.24, 2.45) is 0 Å².